The minimum Gasteiger partial charge on any atom is -0.390 e. The van der Waals surface area contributed by atoms with E-state index < -0.39 is 17.5 Å². The van der Waals surface area contributed by atoms with Crippen LogP contribution in [0.2, 0.25) is 0 Å². The summed E-state index contributed by atoms with van der Waals surface area (Å²) in [5.41, 5.74) is 6.15. The molecule has 0 fully saturated rings. The number of nitrogens with two attached hydrogens (primary N) is 1. The van der Waals surface area contributed by atoms with Crippen LogP contribution in [-0.4, -0.2) is 5.78 Å². The number of alkyl halides is 3. The fourth-order valence-corrected chi connectivity index (χ4v) is 3.25. The van der Waals surface area contributed by atoms with Crippen LogP contribution in [0, 0.1) is 0 Å². The lowest BCUT2D eigenvalue weighted by atomic mass is 10.0. The van der Waals surface area contributed by atoms with Crippen LogP contribution in [0.1, 0.15) is 21.5 Å². The van der Waals surface area contributed by atoms with E-state index in [0.29, 0.717) is 0 Å². The van der Waals surface area contributed by atoms with Crippen molar-refractivity contribution >= 4 is 22.1 Å². The van der Waals surface area contributed by atoms with Crippen LogP contribution in [0.25, 0.3) is 10.4 Å². The van der Waals surface area contributed by atoms with Gasteiger partial charge in [-0.15, -0.1) is 11.3 Å². The number of thiophene rings is 1. The van der Waals surface area contributed by atoms with Crippen molar-refractivity contribution < 1.29 is 18.0 Å². The monoisotopic (exact) mass is 347 g/mol. The van der Waals surface area contributed by atoms with Crippen molar-refractivity contribution in [3.05, 3.63) is 77.4 Å². The van der Waals surface area contributed by atoms with Gasteiger partial charge in [0.25, 0.3) is 0 Å². The lowest BCUT2D eigenvalue weighted by Gasteiger charge is -2.08. The van der Waals surface area contributed by atoms with Crippen molar-refractivity contribution in [2.45, 2.75) is 6.18 Å². The molecule has 0 saturated carbocycles. The molecule has 0 radical (unpaired) electrons. The minimum absolute atomic E-state index is 0.0334. The Morgan fingerprint density at radius 1 is 0.958 bits per heavy atom. The smallest absolute Gasteiger partial charge is 0.390 e. The van der Waals surface area contributed by atoms with E-state index in [4.69, 9.17) is 5.73 Å². The highest BCUT2D eigenvalue weighted by Crippen LogP contribution is 2.35. The number of hydrogen-bond acceptors (Lipinski definition) is 3. The van der Waals surface area contributed by atoms with E-state index in [1.165, 1.54) is 23.5 Å². The van der Waals surface area contributed by atoms with E-state index in [0.717, 1.165) is 22.6 Å². The SMILES string of the molecule is Nc1sc(-c2ccccc2)cc1C(=O)c1cccc(C(F)(F)F)c1. The van der Waals surface area contributed by atoms with Gasteiger partial charge in [0.05, 0.1) is 16.1 Å². The molecule has 0 amide bonds. The van der Waals surface area contributed by atoms with Gasteiger partial charge in [0, 0.05) is 10.4 Å². The number of hydrogen-bond donors (Lipinski definition) is 1. The average molecular weight is 347 g/mol. The largest absolute Gasteiger partial charge is 0.416 e. The zero-order valence-electron chi connectivity index (χ0n) is 12.3. The van der Waals surface area contributed by atoms with Crippen LogP contribution in [0.4, 0.5) is 18.2 Å². The Morgan fingerprint density at radius 2 is 1.67 bits per heavy atom. The van der Waals surface area contributed by atoms with Gasteiger partial charge in [-0.2, -0.15) is 13.2 Å². The minimum atomic E-state index is -4.49. The van der Waals surface area contributed by atoms with Gasteiger partial charge in [0.2, 0.25) is 0 Å². The predicted molar refractivity (Wildman–Crippen MR) is 89.0 cm³/mol. The molecule has 2 N–H and O–H groups in total. The van der Waals surface area contributed by atoms with Crippen LogP contribution in [-0.2, 0) is 6.18 Å². The molecular weight excluding hydrogens is 335 g/mol. The van der Waals surface area contributed by atoms with Gasteiger partial charge in [-0.3, -0.25) is 4.79 Å². The normalized spacial score (nSPS) is 11.5. The Labute approximate surface area is 140 Å². The molecule has 0 atom stereocenters. The summed E-state index contributed by atoms with van der Waals surface area (Å²) >= 11 is 1.23. The van der Waals surface area contributed by atoms with Crippen LogP contribution in [0.3, 0.4) is 0 Å². The highest BCUT2D eigenvalue weighted by Gasteiger charge is 2.31. The van der Waals surface area contributed by atoms with Gasteiger partial charge in [0.1, 0.15) is 0 Å². The van der Waals surface area contributed by atoms with Crippen molar-refractivity contribution in [2.24, 2.45) is 0 Å². The van der Waals surface area contributed by atoms with E-state index in [-0.39, 0.29) is 16.1 Å². The average Bonchev–Trinajstić information content (AvgIpc) is 2.96. The van der Waals surface area contributed by atoms with Crippen LogP contribution in [0.15, 0.2) is 60.7 Å². The maximum Gasteiger partial charge on any atom is 0.416 e. The van der Waals surface area contributed by atoms with Crippen molar-refractivity contribution in [3.63, 3.8) is 0 Å². The Kier molecular flexibility index (Phi) is 4.15. The highest BCUT2D eigenvalue weighted by atomic mass is 32.1. The maximum absolute atomic E-state index is 12.8. The fourth-order valence-electron chi connectivity index (χ4n) is 2.32. The summed E-state index contributed by atoms with van der Waals surface area (Å²) in [5.74, 6) is -0.517. The number of ketones is 1. The standard InChI is InChI=1S/C18H12F3NOS/c19-18(20,21)13-8-4-7-12(9-13)16(23)14-10-15(24-17(14)22)11-5-2-1-3-6-11/h1-10H,22H2. The summed E-state index contributed by atoms with van der Waals surface area (Å²) in [6, 6.07) is 15.3. The first-order chi connectivity index (χ1) is 11.4. The molecule has 3 rings (SSSR count). The zero-order chi connectivity index (χ0) is 17.3. The third-order valence-electron chi connectivity index (χ3n) is 3.52. The number of nitrogen functional groups attached to an aromatic ring is 1. The molecule has 0 spiro atoms. The molecule has 6 heteroatoms. The molecule has 0 saturated heterocycles. The zero-order valence-corrected chi connectivity index (χ0v) is 13.1. The summed E-state index contributed by atoms with van der Waals surface area (Å²) < 4.78 is 38.4. The van der Waals surface area contributed by atoms with Crippen LogP contribution >= 0.6 is 11.3 Å². The van der Waals surface area contributed by atoms with Crippen LogP contribution in [0.5, 0.6) is 0 Å². The second kappa shape index (κ2) is 6.13. The van der Waals surface area contributed by atoms with Gasteiger partial charge in [-0.1, -0.05) is 42.5 Å². The Balaban J connectivity index is 1.98. The maximum atomic E-state index is 12.8. The number of anilines is 1. The van der Waals surface area contributed by atoms with Gasteiger partial charge in [-0.05, 0) is 23.8 Å². The molecule has 0 aliphatic rings. The van der Waals surface area contributed by atoms with Gasteiger partial charge >= 0.3 is 6.18 Å². The predicted octanol–water partition coefficient (Wildman–Crippen LogP) is 5.25. The molecular formula is C18H12F3NOS. The molecule has 122 valence electrons. The summed E-state index contributed by atoms with van der Waals surface area (Å²) in [7, 11) is 0. The third-order valence-corrected chi connectivity index (χ3v) is 4.53. The summed E-state index contributed by atoms with van der Waals surface area (Å²) in [6.45, 7) is 0. The molecule has 0 bridgehead atoms. The second-order valence-corrected chi connectivity index (χ2v) is 6.25. The molecule has 0 aliphatic carbocycles. The molecule has 2 nitrogen and oxygen atoms in total. The van der Waals surface area contributed by atoms with E-state index >= 15 is 0 Å². The topological polar surface area (TPSA) is 43.1 Å². The van der Waals surface area contributed by atoms with Crippen molar-refractivity contribution in [1.29, 1.82) is 0 Å². The Hall–Kier alpha value is -2.60. The molecule has 0 aliphatic heterocycles. The van der Waals surface area contributed by atoms with E-state index in [2.05, 4.69) is 0 Å². The van der Waals surface area contributed by atoms with Gasteiger partial charge in [-0.25, -0.2) is 0 Å². The highest BCUT2D eigenvalue weighted by molar-refractivity contribution is 7.19. The summed E-state index contributed by atoms with van der Waals surface area (Å²) in [5, 5.41) is 0.288. The first kappa shape index (κ1) is 16.3. The third kappa shape index (κ3) is 3.19. The van der Waals surface area contributed by atoms with Crippen LogP contribution < -0.4 is 5.73 Å². The Bertz CT molecular complexity index is 885. The number of carbonyl (C=O) groups excluding carboxylic acids is 1. The molecule has 2 aromatic carbocycles. The molecule has 24 heavy (non-hydrogen) atoms. The first-order valence-electron chi connectivity index (χ1n) is 7.03. The molecule has 1 heterocycles. The number of halogens is 3. The van der Waals surface area contributed by atoms with E-state index in [1.807, 2.05) is 30.3 Å². The van der Waals surface area contributed by atoms with E-state index in [9.17, 15) is 18.0 Å². The number of rotatable bonds is 3. The summed E-state index contributed by atoms with van der Waals surface area (Å²) in [6.07, 6.45) is -4.49. The van der Waals surface area contributed by atoms with Gasteiger partial charge in [0.15, 0.2) is 5.78 Å². The fraction of sp³-hybridized carbons (Fsp3) is 0.0556. The second-order valence-electron chi connectivity index (χ2n) is 5.16. The van der Waals surface area contributed by atoms with Crippen molar-refractivity contribution in [1.82, 2.24) is 0 Å². The van der Waals surface area contributed by atoms with Gasteiger partial charge < -0.3 is 5.73 Å². The quantitative estimate of drug-likeness (QED) is 0.658. The molecule has 0 unspecified atom stereocenters. The summed E-state index contributed by atoms with van der Waals surface area (Å²) in [4.78, 5) is 13.3. The first-order valence-corrected chi connectivity index (χ1v) is 7.84. The number of carbonyl (C=O) groups is 1. The number of benzene rings is 2. The Morgan fingerprint density at radius 3 is 2.33 bits per heavy atom. The van der Waals surface area contributed by atoms with E-state index in [1.54, 1.807) is 6.07 Å². The molecule has 1 aromatic heterocycles. The van der Waals surface area contributed by atoms with Crippen molar-refractivity contribution in [3.8, 4) is 10.4 Å². The molecule has 3 aromatic rings. The lowest BCUT2D eigenvalue weighted by molar-refractivity contribution is -0.137. The lowest BCUT2D eigenvalue weighted by Crippen LogP contribution is -2.08. The van der Waals surface area contributed by atoms with Crippen molar-refractivity contribution in [2.75, 3.05) is 5.73 Å².